The summed E-state index contributed by atoms with van der Waals surface area (Å²) in [6, 6.07) is 1.97. The van der Waals surface area contributed by atoms with Gasteiger partial charge in [0.25, 0.3) is 15.9 Å². The summed E-state index contributed by atoms with van der Waals surface area (Å²) in [5.74, 6) is -1.01. The Kier molecular flexibility index (Phi) is 3.88. The molecular weight excluding hydrogens is 323 g/mol. The van der Waals surface area contributed by atoms with E-state index in [4.69, 9.17) is 0 Å². The molecule has 1 N–H and O–H groups in total. The summed E-state index contributed by atoms with van der Waals surface area (Å²) in [6.07, 6.45) is 3.78. The van der Waals surface area contributed by atoms with Gasteiger partial charge in [0.05, 0.1) is 23.7 Å². The number of nitrogens with zero attached hydrogens (tertiary/aromatic N) is 3. The maximum Gasteiger partial charge on any atom is 0.281 e. The molecule has 0 saturated carbocycles. The van der Waals surface area contributed by atoms with Crippen molar-refractivity contribution in [1.82, 2.24) is 19.5 Å². The van der Waals surface area contributed by atoms with Crippen LogP contribution in [0.3, 0.4) is 0 Å². The van der Waals surface area contributed by atoms with Gasteiger partial charge in [-0.3, -0.25) is 9.48 Å². The van der Waals surface area contributed by atoms with Crippen LogP contribution in [0.25, 0.3) is 0 Å². The summed E-state index contributed by atoms with van der Waals surface area (Å²) in [5, 5.41) is 3.71. The quantitative estimate of drug-likeness (QED) is 0.905. The van der Waals surface area contributed by atoms with Gasteiger partial charge in [-0.15, -0.1) is 0 Å². The molecule has 9 heteroatoms. The van der Waals surface area contributed by atoms with Crippen LogP contribution in [0.2, 0.25) is 0 Å². The van der Waals surface area contributed by atoms with Crippen molar-refractivity contribution in [2.75, 3.05) is 0 Å². The predicted molar refractivity (Wildman–Crippen MR) is 78.6 cm³/mol. The maximum atomic E-state index is 12.8. The minimum atomic E-state index is -4.16. The molecule has 3 rings (SSSR count). The van der Waals surface area contributed by atoms with Gasteiger partial charge in [-0.05, 0) is 30.9 Å². The van der Waals surface area contributed by atoms with Crippen molar-refractivity contribution >= 4 is 15.9 Å². The van der Waals surface area contributed by atoms with E-state index in [-0.39, 0.29) is 5.56 Å². The molecule has 3 heterocycles. The second-order valence-electron chi connectivity index (χ2n) is 5.58. The Balaban J connectivity index is 1.85. The first-order valence-electron chi connectivity index (χ1n) is 7.10. The Hall–Kier alpha value is -2.29. The lowest BCUT2D eigenvalue weighted by atomic mass is 9.96. The number of fused-ring (bicyclic) bond motifs is 1. The van der Waals surface area contributed by atoms with Crippen molar-refractivity contribution in [1.29, 1.82) is 0 Å². The SMILES string of the molecule is CC1CCn2ncc(C(=O)NS(=O)(=O)c3ccc(F)cn3)c2C1. The van der Waals surface area contributed by atoms with E-state index in [0.717, 1.165) is 30.4 Å². The number of aryl methyl sites for hydroxylation is 1. The van der Waals surface area contributed by atoms with Gasteiger partial charge in [0.2, 0.25) is 0 Å². The molecule has 1 aliphatic rings. The van der Waals surface area contributed by atoms with E-state index < -0.39 is 26.8 Å². The van der Waals surface area contributed by atoms with E-state index in [1.165, 1.54) is 6.20 Å². The predicted octanol–water partition coefficient (Wildman–Crippen LogP) is 1.12. The van der Waals surface area contributed by atoms with Crippen LogP contribution in [-0.2, 0) is 23.0 Å². The van der Waals surface area contributed by atoms with Crippen LogP contribution in [0.5, 0.6) is 0 Å². The number of hydrogen-bond acceptors (Lipinski definition) is 5. The van der Waals surface area contributed by atoms with Gasteiger partial charge in [0, 0.05) is 6.54 Å². The van der Waals surface area contributed by atoms with Crippen molar-refractivity contribution < 1.29 is 17.6 Å². The minimum Gasteiger partial charge on any atom is -0.269 e. The van der Waals surface area contributed by atoms with Crippen molar-refractivity contribution in [3.8, 4) is 0 Å². The Morgan fingerprint density at radius 2 is 2.17 bits per heavy atom. The van der Waals surface area contributed by atoms with Gasteiger partial charge in [0.1, 0.15) is 5.82 Å². The third-order valence-corrected chi connectivity index (χ3v) is 5.02. The van der Waals surface area contributed by atoms with E-state index in [1.54, 1.807) is 4.68 Å². The highest BCUT2D eigenvalue weighted by Gasteiger charge is 2.26. The maximum absolute atomic E-state index is 12.8. The van der Waals surface area contributed by atoms with Crippen molar-refractivity contribution in [2.45, 2.75) is 31.3 Å². The number of sulfonamides is 1. The Morgan fingerprint density at radius 1 is 1.39 bits per heavy atom. The summed E-state index contributed by atoms with van der Waals surface area (Å²) in [5.41, 5.74) is 0.964. The highest BCUT2D eigenvalue weighted by atomic mass is 32.2. The molecule has 2 aromatic rings. The lowest BCUT2D eigenvalue weighted by Crippen LogP contribution is -2.32. The van der Waals surface area contributed by atoms with Crippen LogP contribution in [0.1, 0.15) is 29.4 Å². The fourth-order valence-corrected chi connectivity index (χ4v) is 3.43. The molecule has 0 aliphatic carbocycles. The number of pyridine rings is 1. The van der Waals surface area contributed by atoms with Crippen LogP contribution in [-0.4, -0.2) is 29.1 Å². The zero-order valence-corrected chi connectivity index (χ0v) is 13.2. The topological polar surface area (TPSA) is 94.0 Å². The average Bonchev–Trinajstić information content (AvgIpc) is 2.90. The van der Waals surface area contributed by atoms with Crippen molar-refractivity contribution in [3.05, 3.63) is 41.6 Å². The fraction of sp³-hybridized carbons (Fsp3) is 0.357. The molecule has 1 amide bonds. The molecule has 23 heavy (non-hydrogen) atoms. The molecule has 1 aliphatic heterocycles. The van der Waals surface area contributed by atoms with Gasteiger partial charge in [-0.1, -0.05) is 6.92 Å². The number of hydrogen-bond donors (Lipinski definition) is 1. The highest BCUT2D eigenvalue weighted by Crippen LogP contribution is 2.22. The summed E-state index contributed by atoms with van der Waals surface area (Å²) in [4.78, 5) is 15.8. The van der Waals surface area contributed by atoms with Gasteiger partial charge in [-0.25, -0.2) is 14.1 Å². The monoisotopic (exact) mass is 338 g/mol. The standard InChI is InChI=1S/C14H15FN4O3S/c1-9-4-5-19-12(6-9)11(8-17-19)14(20)18-23(21,22)13-3-2-10(15)7-16-13/h2-3,7-9H,4-6H2,1H3,(H,18,20). The number of aromatic nitrogens is 3. The molecule has 0 fully saturated rings. The van der Waals surface area contributed by atoms with Gasteiger partial charge < -0.3 is 0 Å². The Bertz CT molecular complexity index is 845. The zero-order valence-electron chi connectivity index (χ0n) is 12.4. The first-order chi connectivity index (χ1) is 10.9. The van der Waals surface area contributed by atoms with E-state index in [9.17, 15) is 17.6 Å². The smallest absolute Gasteiger partial charge is 0.269 e. The van der Waals surface area contributed by atoms with Crippen LogP contribution in [0.4, 0.5) is 4.39 Å². The number of rotatable bonds is 3. The van der Waals surface area contributed by atoms with Gasteiger partial charge >= 0.3 is 0 Å². The van der Waals surface area contributed by atoms with Crippen LogP contribution >= 0.6 is 0 Å². The number of halogens is 1. The molecule has 7 nitrogen and oxygen atoms in total. The molecule has 0 spiro atoms. The molecule has 1 unspecified atom stereocenters. The second kappa shape index (κ2) is 5.73. The van der Waals surface area contributed by atoms with E-state index in [1.807, 2.05) is 4.72 Å². The summed E-state index contributed by atoms with van der Waals surface area (Å²) >= 11 is 0. The lowest BCUT2D eigenvalue weighted by molar-refractivity contribution is 0.0979. The minimum absolute atomic E-state index is 0.238. The molecule has 1 atom stereocenters. The second-order valence-corrected chi connectivity index (χ2v) is 7.20. The van der Waals surface area contributed by atoms with Crippen LogP contribution < -0.4 is 4.72 Å². The number of carbonyl (C=O) groups excluding carboxylic acids is 1. The Labute approximate surface area is 132 Å². The number of carbonyl (C=O) groups is 1. The summed E-state index contributed by atoms with van der Waals surface area (Å²) in [6.45, 7) is 2.77. The largest absolute Gasteiger partial charge is 0.281 e. The molecule has 0 bridgehead atoms. The molecule has 0 radical (unpaired) electrons. The summed E-state index contributed by atoms with van der Waals surface area (Å²) < 4.78 is 40.8. The molecule has 2 aromatic heterocycles. The summed E-state index contributed by atoms with van der Waals surface area (Å²) in [7, 11) is -4.16. The van der Waals surface area contributed by atoms with Crippen molar-refractivity contribution in [3.63, 3.8) is 0 Å². The van der Waals surface area contributed by atoms with Crippen LogP contribution in [0, 0.1) is 11.7 Å². The third kappa shape index (κ3) is 3.09. The highest BCUT2D eigenvalue weighted by molar-refractivity contribution is 7.90. The zero-order chi connectivity index (χ0) is 16.6. The van der Waals surface area contributed by atoms with Crippen molar-refractivity contribution in [2.24, 2.45) is 5.92 Å². The normalized spacial score (nSPS) is 17.6. The number of amides is 1. The number of nitrogens with one attached hydrogen (secondary N) is 1. The molecule has 0 aromatic carbocycles. The molecular formula is C14H15FN4O3S. The third-order valence-electron chi connectivity index (χ3n) is 3.77. The van der Waals surface area contributed by atoms with Gasteiger partial charge in [0.15, 0.2) is 5.03 Å². The van der Waals surface area contributed by atoms with E-state index in [2.05, 4.69) is 17.0 Å². The van der Waals surface area contributed by atoms with Crippen LogP contribution in [0.15, 0.2) is 29.6 Å². The first kappa shape index (κ1) is 15.6. The van der Waals surface area contributed by atoms with E-state index >= 15 is 0 Å². The lowest BCUT2D eigenvalue weighted by Gasteiger charge is -2.20. The van der Waals surface area contributed by atoms with Gasteiger partial charge in [-0.2, -0.15) is 13.5 Å². The first-order valence-corrected chi connectivity index (χ1v) is 8.58. The Morgan fingerprint density at radius 3 is 2.87 bits per heavy atom. The molecule has 0 saturated heterocycles. The molecule has 122 valence electrons. The van der Waals surface area contributed by atoms with E-state index in [0.29, 0.717) is 18.9 Å². The average molecular weight is 338 g/mol. The fourth-order valence-electron chi connectivity index (χ4n) is 2.53.